The fourth-order valence-corrected chi connectivity index (χ4v) is 2.67. The Morgan fingerprint density at radius 3 is 2.24 bits per heavy atom. The smallest absolute Gasteiger partial charge is 0.188 e. The molecule has 0 saturated carbocycles. The summed E-state index contributed by atoms with van der Waals surface area (Å²) in [5.74, 6) is 2.08. The summed E-state index contributed by atoms with van der Waals surface area (Å²) in [6, 6.07) is 17.6. The van der Waals surface area contributed by atoms with Crippen LogP contribution in [0, 0.1) is 0 Å². The zero-order chi connectivity index (χ0) is 19.8. The number of nitrogens with two attached hydrogens (primary N) is 1. The van der Waals surface area contributed by atoms with Crippen LogP contribution in [0.25, 0.3) is 5.69 Å². The van der Waals surface area contributed by atoms with E-state index in [1.54, 1.807) is 18.9 Å². The maximum atomic E-state index is 5.95. The third-order valence-electron chi connectivity index (χ3n) is 4.27. The topological polar surface area (TPSA) is 86.7 Å². The van der Waals surface area contributed by atoms with Gasteiger partial charge in [0.1, 0.15) is 11.5 Å². The molecule has 7 nitrogen and oxygen atoms in total. The summed E-state index contributed by atoms with van der Waals surface area (Å²) in [7, 11) is 3.31. The van der Waals surface area contributed by atoms with Crippen LogP contribution in [-0.2, 0) is 13.0 Å². The van der Waals surface area contributed by atoms with Crippen LogP contribution in [0.2, 0.25) is 0 Å². The second-order valence-electron chi connectivity index (χ2n) is 6.18. The maximum absolute atomic E-state index is 5.95. The molecule has 0 aliphatic heterocycles. The number of ether oxygens (including phenoxy) is 2. The van der Waals surface area contributed by atoms with Crippen molar-refractivity contribution in [3.8, 4) is 17.2 Å². The normalized spacial score (nSPS) is 10.9. The molecular formula is C21H26IN5O2. The predicted octanol–water partition coefficient (Wildman–Crippen LogP) is 3.15. The van der Waals surface area contributed by atoms with Gasteiger partial charge >= 0.3 is 0 Å². The first-order chi connectivity index (χ1) is 13.7. The van der Waals surface area contributed by atoms with Crippen molar-refractivity contribution in [2.45, 2.75) is 13.0 Å². The molecule has 0 spiro atoms. The molecule has 3 rings (SSSR count). The Balaban J connectivity index is 0.00000300. The number of aliphatic imine (C=N–C) groups is 1. The number of nitrogens with one attached hydrogen (secondary N) is 1. The number of rotatable bonds is 8. The second kappa shape index (κ2) is 11.3. The van der Waals surface area contributed by atoms with E-state index in [9.17, 15) is 0 Å². The quantitative estimate of drug-likeness (QED) is 0.278. The molecule has 3 N–H and O–H groups in total. The van der Waals surface area contributed by atoms with Gasteiger partial charge in [-0.3, -0.25) is 0 Å². The van der Waals surface area contributed by atoms with E-state index < -0.39 is 0 Å². The molecule has 0 unspecified atom stereocenters. The Bertz CT molecular complexity index is 908. The molecule has 2 aromatic carbocycles. The van der Waals surface area contributed by atoms with Gasteiger partial charge in [-0.1, -0.05) is 12.1 Å². The predicted molar refractivity (Wildman–Crippen MR) is 126 cm³/mol. The fourth-order valence-electron chi connectivity index (χ4n) is 2.67. The van der Waals surface area contributed by atoms with E-state index in [1.165, 1.54) is 5.56 Å². The summed E-state index contributed by atoms with van der Waals surface area (Å²) in [6.07, 6.45) is 2.76. The van der Waals surface area contributed by atoms with Crippen LogP contribution in [0.3, 0.4) is 0 Å². The molecular weight excluding hydrogens is 481 g/mol. The van der Waals surface area contributed by atoms with Crippen LogP contribution < -0.4 is 20.5 Å². The van der Waals surface area contributed by atoms with Crippen LogP contribution >= 0.6 is 24.0 Å². The van der Waals surface area contributed by atoms with Crippen molar-refractivity contribution < 1.29 is 9.47 Å². The molecule has 8 heteroatoms. The SMILES string of the molecule is COc1ccc(CCNC(N)=NCc2ccn(-c3ccc(OC)cc3)n2)cc1.I. The average molecular weight is 507 g/mol. The van der Waals surface area contributed by atoms with Gasteiger partial charge in [-0.2, -0.15) is 5.10 Å². The lowest BCUT2D eigenvalue weighted by atomic mass is 10.1. The van der Waals surface area contributed by atoms with Crippen LogP contribution in [0.5, 0.6) is 11.5 Å². The summed E-state index contributed by atoms with van der Waals surface area (Å²) in [6.45, 7) is 1.13. The lowest BCUT2D eigenvalue weighted by molar-refractivity contribution is 0.414. The van der Waals surface area contributed by atoms with Gasteiger partial charge in [0.2, 0.25) is 0 Å². The van der Waals surface area contributed by atoms with Crippen LogP contribution in [0.1, 0.15) is 11.3 Å². The molecule has 0 aliphatic carbocycles. The zero-order valence-electron chi connectivity index (χ0n) is 16.5. The van der Waals surface area contributed by atoms with E-state index in [4.69, 9.17) is 15.2 Å². The lowest BCUT2D eigenvalue weighted by Crippen LogP contribution is -2.33. The van der Waals surface area contributed by atoms with Gasteiger partial charge < -0.3 is 20.5 Å². The molecule has 0 fully saturated rings. The van der Waals surface area contributed by atoms with Gasteiger partial charge in [0.25, 0.3) is 0 Å². The van der Waals surface area contributed by atoms with E-state index in [0.717, 1.165) is 29.3 Å². The number of methoxy groups -OCH3 is 2. The Labute approximate surface area is 187 Å². The molecule has 1 aromatic heterocycles. The van der Waals surface area contributed by atoms with Gasteiger partial charge in [0, 0.05) is 12.7 Å². The number of guanidine groups is 1. The Hall–Kier alpha value is -2.75. The Morgan fingerprint density at radius 2 is 1.62 bits per heavy atom. The molecule has 0 bridgehead atoms. The van der Waals surface area contributed by atoms with E-state index in [-0.39, 0.29) is 24.0 Å². The Kier molecular flexibility index (Phi) is 8.78. The van der Waals surface area contributed by atoms with Crippen molar-refractivity contribution in [1.29, 1.82) is 0 Å². The lowest BCUT2D eigenvalue weighted by Gasteiger charge is -2.06. The first-order valence-corrected chi connectivity index (χ1v) is 9.03. The molecule has 0 atom stereocenters. The van der Waals surface area contributed by atoms with Crippen LogP contribution in [0.15, 0.2) is 65.8 Å². The average Bonchev–Trinajstić information content (AvgIpc) is 3.22. The zero-order valence-corrected chi connectivity index (χ0v) is 18.9. The number of nitrogens with zero attached hydrogens (tertiary/aromatic N) is 3. The second-order valence-corrected chi connectivity index (χ2v) is 6.18. The third kappa shape index (κ3) is 6.67. The number of hydrogen-bond donors (Lipinski definition) is 2. The fraction of sp³-hybridized carbons (Fsp3) is 0.238. The molecule has 0 saturated heterocycles. The number of benzene rings is 2. The van der Waals surface area contributed by atoms with Crippen molar-refractivity contribution in [2.75, 3.05) is 20.8 Å². The highest BCUT2D eigenvalue weighted by atomic mass is 127. The number of aromatic nitrogens is 2. The number of halogens is 1. The van der Waals surface area contributed by atoms with Gasteiger partial charge in [-0.15, -0.1) is 24.0 Å². The number of hydrogen-bond acceptors (Lipinski definition) is 4. The van der Waals surface area contributed by atoms with Crippen LogP contribution in [-0.4, -0.2) is 36.5 Å². The van der Waals surface area contributed by atoms with Crippen molar-refractivity contribution in [1.82, 2.24) is 15.1 Å². The molecule has 1 heterocycles. The maximum Gasteiger partial charge on any atom is 0.188 e. The minimum absolute atomic E-state index is 0. The summed E-state index contributed by atoms with van der Waals surface area (Å²) in [5.41, 5.74) is 8.96. The highest BCUT2D eigenvalue weighted by Gasteiger charge is 2.02. The minimum atomic E-state index is 0. The van der Waals surface area contributed by atoms with Gasteiger partial charge in [-0.25, -0.2) is 9.67 Å². The molecule has 3 aromatic rings. The largest absolute Gasteiger partial charge is 0.497 e. The molecule has 0 radical (unpaired) electrons. The van der Waals surface area contributed by atoms with Gasteiger partial charge in [-0.05, 0) is 54.4 Å². The summed E-state index contributed by atoms with van der Waals surface area (Å²) >= 11 is 0. The standard InChI is InChI=1S/C21H25N5O2.HI/c1-27-19-7-3-16(4-8-19)11-13-23-21(22)24-15-17-12-14-26(25-17)18-5-9-20(28-2)10-6-18;/h3-10,12,14H,11,13,15H2,1-2H3,(H3,22,23,24);1H. The van der Waals surface area contributed by atoms with E-state index in [2.05, 4.69) is 15.4 Å². The van der Waals surface area contributed by atoms with Gasteiger partial charge in [0.15, 0.2) is 5.96 Å². The summed E-state index contributed by atoms with van der Waals surface area (Å²) < 4.78 is 12.1. The molecule has 29 heavy (non-hydrogen) atoms. The van der Waals surface area contributed by atoms with E-state index in [1.807, 2.05) is 60.8 Å². The van der Waals surface area contributed by atoms with Gasteiger partial charge in [0.05, 0.1) is 32.1 Å². The van der Waals surface area contributed by atoms with E-state index >= 15 is 0 Å². The first-order valence-electron chi connectivity index (χ1n) is 9.03. The van der Waals surface area contributed by atoms with Crippen molar-refractivity contribution in [3.63, 3.8) is 0 Å². The molecule has 0 amide bonds. The Morgan fingerprint density at radius 1 is 1.00 bits per heavy atom. The summed E-state index contributed by atoms with van der Waals surface area (Å²) in [5, 5.41) is 7.65. The van der Waals surface area contributed by atoms with Crippen molar-refractivity contribution >= 4 is 29.9 Å². The van der Waals surface area contributed by atoms with Crippen molar-refractivity contribution in [3.05, 3.63) is 72.1 Å². The monoisotopic (exact) mass is 507 g/mol. The minimum Gasteiger partial charge on any atom is -0.497 e. The van der Waals surface area contributed by atoms with E-state index in [0.29, 0.717) is 19.0 Å². The highest BCUT2D eigenvalue weighted by Crippen LogP contribution is 2.15. The first kappa shape index (κ1) is 22.5. The third-order valence-corrected chi connectivity index (χ3v) is 4.27. The van der Waals surface area contributed by atoms with Crippen molar-refractivity contribution in [2.24, 2.45) is 10.7 Å². The summed E-state index contributed by atoms with van der Waals surface area (Å²) in [4.78, 5) is 4.35. The highest BCUT2D eigenvalue weighted by molar-refractivity contribution is 14.0. The molecule has 0 aliphatic rings. The molecule has 154 valence electrons. The van der Waals surface area contributed by atoms with Crippen LogP contribution in [0.4, 0.5) is 0 Å².